The molecular formula is C16H27NO3. The number of methoxy groups -OCH3 is 1. The van der Waals surface area contributed by atoms with E-state index in [2.05, 4.69) is 19.2 Å². The van der Waals surface area contributed by atoms with Gasteiger partial charge in [-0.25, -0.2) is 0 Å². The molecule has 114 valence electrons. The van der Waals surface area contributed by atoms with Crippen LogP contribution in [-0.4, -0.2) is 30.5 Å². The Morgan fingerprint density at radius 3 is 2.55 bits per heavy atom. The molecule has 0 aromatic heterocycles. The molecule has 0 radical (unpaired) electrons. The van der Waals surface area contributed by atoms with E-state index >= 15 is 0 Å². The van der Waals surface area contributed by atoms with Crippen molar-refractivity contribution in [1.82, 2.24) is 5.32 Å². The van der Waals surface area contributed by atoms with Crippen LogP contribution in [0.1, 0.15) is 39.7 Å². The van der Waals surface area contributed by atoms with Gasteiger partial charge in [0.1, 0.15) is 0 Å². The molecule has 4 nitrogen and oxygen atoms in total. The zero-order valence-electron chi connectivity index (χ0n) is 13.2. The molecule has 0 aliphatic rings. The summed E-state index contributed by atoms with van der Waals surface area (Å²) in [4.78, 5) is 0. The lowest BCUT2D eigenvalue weighted by Gasteiger charge is -2.20. The number of aliphatic hydroxyl groups is 1. The summed E-state index contributed by atoms with van der Waals surface area (Å²) in [6.07, 6.45) is 0.572. The Bertz CT molecular complexity index is 411. The van der Waals surface area contributed by atoms with Crippen molar-refractivity contribution in [3.8, 4) is 11.5 Å². The second-order valence-electron chi connectivity index (χ2n) is 5.90. The van der Waals surface area contributed by atoms with E-state index in [4.69, 9.17) is 9.47 Å². The lowest BCUT2D eigenvalue weighted by molar-refractivity contribution is 0.0547. The predicted molar refractivity (Wildman–Crippen MR) is 81.4 cm³/mol. The molecule has 0 bridgehead atoms. The first-order valence-corrected chi connectivity index (χ1v) is 7.08. The number of hydrogen-bond acceptors (Lipinski definition) is 4. The highest BCUT2D eigenvalue weighted by molar-refractivity contribution is 5.46. The van der Waals surface area contributed by atoms with Gasteiger partial charge in [0.15, 0.2) is 11.5 Å². The van der Waals surface area contributed by atoms with Crippen molar-refractivity contribution in [1.29, 1.82) is 0 Å². The number of ether oxygens (including phenoxy) is 2. The minimum atomic E-state index is -0.724. The van der Waals surface area contributed by atoms with Gasteiger partial charge >= 0.3 is 0 Å². The van der Waals surface area contributed by atoms with Crippen molar-refractivity contribution in [2.75, 3.05) is 13.7 Å². The first kappa shape index (κ1) is 16.8. The van der Waals surface area contributed by atoms with E-state index in [1.807, 2.05) is 18.2 Å². The number of nitrogens with one attached hydrogen (secondary N) is 1. The van der Waals surface area contributed by atoms with Crippen molar-refractivity contribution < 1.29 is 14.6 Å². The van der Waals surface area contributed by atoms with Crippen LogP contribution in [0, 0.1) is 0 Å². The number of benzene rings is 1. The van der Waals surface area contributed by atoms with Crippen molar-refractivity contribution >= 4 is 0 Å². The first-order chi connectivity index (χ1) is 9.33. The van der Waals surface area contributed by atoms with Crippen LogP contribution in [0.2, 0.25) is 0 Å². The highest BCUT2D eigenvalue weighted by Gasteiger charge is 2.15. The molecular weight excluding hydrogens is 254 g/mol. The molecule has 0 aliphatic carbocycles. The van der Waals surface area contributed by atoms with Crippen molar-refractivity contribution in [3.05, 3.63) is 23.8 Å². The van der Waals surface area contributed by atoms with Crippen molar-refractivity contribution in [2.24, 2.45) is 0 Å². The largest absolute Gasteiger partial charge is 0.493 e. The molecule has 0 aliphatic heterocycles. The summed E-state index contributed by atoms with van der Waals surface area (Å²) in [6, 6.07) is 6.28. The normalized spacial score (nSPS) is 11.8. The monoisotopic (exact) mass is 281 g/mol. The molecule has 0 fully saturated rings. The molecule has 1 aromatic carbocycles. The van der Waals surface area contributed by atoms with E-state index in [1.165, 1.54) is 0 Å². The molecule has 0 atom stereocenters. The maximum atomic E-state index is 9.74. The van der Waals surface area contributed by atoms with Crippen LogP contribution < -0.4 is 14.8 Å². The summed E-state index contributed by atoms with van der Waals surface area (Å²) in [6.45, 7) is 8.95. The van der Waals surface area contributed by atoms with Crippen LogP contribution in [-0.2, 0) is 6.54 Å². The minimum absolute atomic E-state index is 0.408. The van der Waals surface area contributed by atoms with Crippen LogP contribution >= 0.6 is 0 Å². The Balaban J connectivity index is 2.78. The predicted octanol–water partition coefficient (Wildman–Crippen LogP) is 2.73. The third kappa shape index (κ3) is 5.80. The van der Waals surface area contributed by atoms with E-state index in [9.17, 15) is 5.11 Å². The van der Waals surface area contributed by atoms with Gasteiger partial charge in [-0.2, -0.15) is 0 Å². The van der Waals surface area contributed by atoms with Crippen LogP contribution in [0.3, 0.4) is 0 Å². The topological polar surface area (TPSA) is 50.7 Å². The SMILES string of the molecule is COc1cccc(CNC(C)C)c1OCCC(C)(C)O. The molecule has 0 saturated heterocycles. The molecule has 0 heterocycles. The summed E-state index contributed by atoms with van der Waals surface area (Å²) in [5.41, 5.74) is 0.340. The summed E-state index contributed by atoms with van der Waals surface area (Å²) < 4.78 is 11.2. The molecule has 0 spiro atoms. The molecule has 0 saturated carbocycles. The highest BCUT2D eigenvalue weighted by atomic mass is 16.5. The molecule has 2 N–H and O–H groups in total. The van der Waals surface area contributed by atoms with Gasteiger partial charge in [0, 0.05) is 24.6 Å². The zero-order valence-corrected chi connectivity index (χ0v) is 13.2. The van der Waals surface area contributed by atoms with Gasteiger partial charge in [0.25, 0.3) is 0 Å². The molecule has 0 unspecified atom stereocenters. The standard InChI is InChI=1S/C16H27NO3/c1-12(2)17-11-13-7-6-8-14(19-5)15(13)20-10-9-16(3,4)18/h6-8,12,17-18H,9-11H2,1-5H3. The quantitative estimate of drug-likeness (QED) is 0.769. The maximum absolute atomic E-state index is 9.74. The van der Waals surface area contributed by atoms with Gasteiger partial charge < -0.3 is 19.9 Å². The highest BCUT2D eigenvalue weighted by Crippen LogP contribution is 2.31. The summed E-state index contributed by atoms with van der Waals surface area (Å²) >= 11 is 0. The summed E-state index contributed by atoms with van der Waals surface area (Å²) in [7, 11) is 1.64. The van der Waals surface area contributed by atoms with Gasteiger partial charge in [0.2, 0.25) is 0 Å². The van der Waals surface area contributed by atoms with E-state index < -0.39 is 5.60 Å². The Morgan fingerprint density at radius 1 is 1.30 bits per heavy atom. The third-order valence-electron chi connectivity index (χ3n) is 2.94. The number of rotatable bonds is 8. The Hall–Kier alpha value is -1.26. The van der Waals surface area contributed by atoms with Crippen LogP contribution in [0.4, 0.5) is 0 Å². The third-order valence-corrected chi connectivity index (χ3v) is 2.94. The molecule has 4 heteroatoms. The average Bonchev–Trinajstić information content (AvgIpc) is 2.35. The maximum Gasteiger partial charge on any atom is 0.165 e. The van der Waals surface area contributed by atoms with Gasteiger partial charge in [0.05, 0.1) is 19.3 Å². The van der Waals surface area contributed by atoms with Crippen LogP contribution in [0.15, 0.2) is 18.2 Å². The molecule has 1 aromatic rings. The van der Waals surface area contributed by atoms with Crippen LogP contribution in [0.5, 0.6) is 11.5 Å². The second-order valence-corrected chi connectivity index (χ2v) is 5.90. The number of hydrogen-bond donors (Lipinski definition) is 2. The van der Waals surface area contributed by atoms with E-state index in [0.717, 1.165) is 23.6 Å². The fourth-order valence-electron chi connectivity index (χ4n) is 1.74. The van der Waals surface area contributed by atoms with Crippen molar-refractivity contribution in [3.63, 3.8) is 0 Å². The fraction of sp³-hybridized carbons (Fsp3) is 0.625. The van der Waals surface area contributed by atoms with Gasteiger partial charge in [-0.3, -0.25) is 0 Å². The van der Waals surface area contributed by atoms with Gasteiger partial charge in [-0.15, -0.1) is 0 Å². The van der Waals surface area contributed by atoms with Crippen LogP contribution in [0.25, 0.3) is 0 Å². The number of para-hydroxylation sites is 1. The average molecular weight is 281 g/mol. The lowest BCUT2D eigenvalue weighted by Crippen LogP contribution is -2.23. The van der Waals surface area contributed by atoms with E-state index in [-0.39, 0.29) is 0 Å². The summed E-state index contributed by atoms with van der Waals surface area (Å²) in [5, 5.41) is 13.1. The molecule has 20 heavy (non-hydrogen) atoms. The first-order valence-electron chi connectivity index (χ1n) is 7.08. The smallest absolute Gasteiger partial charge is 0.165 e. The molecule has 0 amide bonds. The zero-order chi connectivity index (χ0) is 15.2. The molecule has 1 rings (SSSR count). The van der Waals surface area contributed by atoms with Crippen molar-refractivity contribution in [2.45, 2.75) is 52.3 Å². The Kier molecular flexibility index (Phi) is 6.30. The Morgan fingerprint density at radius 2 is 2.00 bits per heavy atom. The second kappa shape index (κ2) is 7.50. The minimum Gasteiger partial charge on any atom is -0.493 e. The Labute approximate surface area is 122 Å². The van der Waals surface area contributed by atoms with E-state index in [0.29, 0.717) is 19.1 Å². The van der Waals surface area contributed by atoms with Gasteiger partial charge in [-0.05, 0) is 19.9 Å². The fourth-order valence-corrected chi connectivity index (χ4v) is 1.74. The lowest BCUT2D eigenvalue weighted by atomic mass is 10.1. The van der Waals surface area contributed by atoms with E-state index in [1.54, 1.807) is 21.0 Å². The summed E-state index contributed by atoms with van der Waals surface area (Å²) in [5.74, 6) is 1.48. The van der Waals surface area contributed by atoms with Gasteiger partial charge in [-0.1, -0.05) is 26.0 Å².